The van der Waals surface area contributed by atoms with Crippen molar-refractivity contribution in [2.75, 3.05) is 14.2 Å². The van der Waals surface area contributed by atoms with Crippen molar-refractivity contribution in [2.45, 2.75) is 31.7 Å². The van der Waals surface area contributed by atoms with Gasteiger partial charge < -0.3 is 19.8 Å². The van der Waals surface area contributed by atoms with Gasteiger partial charge in [-0.2, -0.15) is 0 Å². The normalized spacial score (nSPS) is 16.0. The van der Waals surface area contributed by atoms with Crippen molar-refractivity contribution in [2.24, 2.45) is 0 Å². The number of aromatic amines is 1. The first-order valence-corrected chi connectivity index (χ1v) is 9.29. The maximum atomic E-state index is 12.7. The summed E-state index contributed by atoms with van der Waals surface area (Å²) in [6.45, 7) is 0. The number of hydrogen-bond acceptors (Lipinski definition) is 3. The Morgan fingerprint density at radius 2 is 1.96 bits per heavy atom. The lowest BCUT2D eigenvalue weighted by molar-refractivity contribution is -0.121. The Hall–Kier alpha value is -2.95. The predicted molar refractivity (Wildman–Crippen MR) is 105 cm³/mol. The van der Waals surface area contributed by atoms with Crippen molar-refractivity contribution >= 4 is 16.8 Å². The Morgan fingerprint density at radius 1 is 1.15 bits per heavy atom. The van der Waals surface area contributed by atoms with Gasteiger partial charge in [0.2, 0.25) is 5.91 Å². The maximum Gasteiger partial charge on any atom is 0.224 e. The molecule has 1 heterocycles. The molecule has 2 aromatic carbocycles. The smallest absolute Gasteiger partial charge is 0.224 e. The lowest BCUT2D eigenvalue weighted by Crippen LogP contribution is -2.32. The third-order valence-corrected chi connectivity index (χ3v) is 5.26. The molecule has 1 aliphatic carbocycles. The third kappa shape index (κ3) is 3.37. The molecule has 0 unspecified atom stereocenters. The van der Waals surface area contributed by atoms with E-state index in [-0.39, 0.29) is 11.9 Å². The molecule has 5 heteroatoms. The molecular formula is C22H24N2O3. The summed E-state index contributed by atoms with van der Waals surface area (Å²) < 4.78 is 10.6. The van der Waals surface area contributed by atoms with Crippen LogP contribution in [0.3, 0.4) is 0 Å². The van der Waals surface area contributed by atoms with Crippen molar-refractivity contribution in [3.05, 3.63) is 59.3 Å². The first-order valence-electron chi connectivity index (χ1n) is 9.29. The number of aromatic nitrogens is 1. The molecule has 1 atom stereocenters. The zero-order chi connectivity index (χ0) is 18.8. The van der Waals surface area contributed by atoms with Gasteiger partial charge in [-0.1, -0.05) is 24.3 Å². The number of hydrogen-bond donors (Lipinski definition) is 2. The molecule has 140 valence electrons. The Morgan fingerprint density at radius 3 is 2.78 bits per heavy atom. The topological polar surface area (TPSA) is 63.3 Å². The number of amides is 1. The summed E-state index contributed by atoms with van der Waals surface area (Å²) in [6.07, 6.45) is 3.40. The molecule has 0 spiro atoms. The van der Waals surface area contributed by atoms with Crippen LogP contribution in [0.4, 0.5) is 0 Å². The predicted octanol–water partition coefficient (Wildman–Crippen LogP) is 3.92. The largest absolute Gasteiger partial charge is 0.493 e. The SMILES string of the molecule is COc1ccc(CC(=O)N[C@H]2CCCc3c2[nH]c2ccccc32)cc1OC. The number of H-pyrrole nitrogens is 1. The number of rotatable bonds is 5. The van der Waals surface area contributed by atoms with Gasteiger partial charge in [0.1, 0.15) is 0 Å². The minimum absolute atomic E-state index is 0.0127. The number of methoxy groups -OCH3 is 2. The number of aryl methyl sites for hydroxylation is 1. The number of para-hydroxylation sites is 1. The van der Waals surface area contributed by atoms with E-state index in [1.54, 1.807) is 14.2 Å². The highest BCUT2D eigenvalue weighted by atomic mass is 16.5. The van der Waals surface area contributed by atoms with Gasteiger partial charge in [-0.15, -0.1) is 0 Å². The van der Waals surface area contributed by atoms with Gasteiger partial charge in [0.15, 0.2) is 11.5 Å². The number of nitrogens with one attached hydrogen (secondary N) is 2. The highest BCUT2D eigenvalue weighted by Crippen LogP contribution is 2.34. The lowest BCUT2D eigenvalue weighted by atomic mass is 9.91. The van der Waals surface area contributed by atoms with E-state index < -0.39 is 0 Å². The van der Waals surface area contributed by atoms with Gasteiger partial charge in [0.05, 0.1) is 26.7 Å². The summed E-state index contributed by atoms with van der Waals surface area (Å²) in [7, 11) is 3.20. The van der Waals surface area contributed by atoms with E-state index in [1.165, 1.54) is 10.9 Å². The summed E-state index contributed by atoms with van der Waals surface area (Å²) in [5.41, 5.74) is 4.54. The maximum absolute atomic E-state index is 12.7. The van der Waals surface area contributed by atoms with Crippen LogP contribution in [0.1, 0.15) is 35.7 Å². The van der Waals surface area contributed by atoms with Crippen molar-refractivity contribution in [3.63, 3.8) is 0 Å². The van der Waals surface area contributed by atoms with Gasteiger partial charge in [-0.25, -0.2) is 0 Å². The van der Waals surface area contributed by atoms with Crippen LogP contribution in [0.15, 0.2) is 42.5 Å². The number of carbonyl (C=O) groups is 1. The molecule has 3 aromatic rings. The molecule has 0 saturated carbocycles. The summed E-state index contributed by atoms with van der Waals surface area (Å²) in [5, 5.41) is 4.48. The van der Waals surface area contributed by atoms with E-state index >= 15 is 0 Å². The van der Waals surface area contributed by atoms with Crippen LogP contribution < -0.4 is 14.8 Å². The first-order chi connectivity index (χ1) is 13.2. The standard InChI is InChI=1S/C22H24N2O3/c1-26-19-11-10-14(12-20(19)27-2)13-21(25)23-18-9-5-7-16-15-6-3-4-8-17(15)24-22(16)18/h3-4,6,8,10-12,18,24H,5,7,9,13H2,1-2H3,(H,23,25)/t18-/m0/s1. The summed E-state index contributed by atoms with van der Waals surface area (Å²) >= 11 is 0. The summed E-state index contributed by atoms with van der Waals surface area (Å²) in [4.78, 5) is 16.2. The van der Waals surface area contributed by atoms with Crippen molar-refractivity contribution < 1.29 is 14.3 Å². The average Bonchev–Trinajstić information content (AvgIpc) is 3.07. The monoisotopic (exact) mass is 364 g/mol. The van der Waals surface area contributed by atoms with Gasteiger partial charge in [-0.05, 0) is 48.6 Å². The van der Waals surface area contributed by atoms with Crippen LogP contribution in [-0.2, 0) is 17.6 Å². The molecule has 4 rings (SSSR count). The van der Waals surface area contributed by atoms with Gasteiger partial charge in [0, 0.05) is 16.6 Å². The van der Waals surface area contributed by atoms with Crippen LogP contribution in [0.25, 0.3) is 10.9 Å². The molecule has 0 saturated heterocycles. The van der Waals surface area contributed by atoms with Crippen LogP contribution in [0.5, 0.6) is 11.5 Å². The second-order valence-corrected chi connectivity index (χ2v) is 6.94. The quantitative estimate of drug-likeness (QED) is 0.721. The Balaban J connectivity index is 1.51. The zero-order valence-electron chi connectivity index (χ0n) is 15.7. The van der Waals surface area contributed by atoms with E-state index in [1.807, 2.05) is 24.3 Å². The molecule has 1 aliphatic rings. The second kappa shape index (κ2) is 7.35. The van der Waals surface area contributed by atoms with Crippen molar-refractivity contribution in [3.8, 4) is 11.5 Å². The highest BCUT2D eigenvalue weighted by molar-refractivity contribution is 5.86. The van der Waals surface area contributed by atoms with E-state index in [0.717, 1.165) is 36.0 Å². The van der Waals surface area contributed by atoms with Crippen molar-refractivity contribution in [1.82, 2.24) is 10.3 Å². The fraction of sp³-hybridized carbons (Fsp3) is 0.318. The molecule has 0 fully saturated rings. The molecule has 0 bridgehead atoms. The summed E-state index contributed by atoms with van der Waals surface area (Å²) in [5.74, 6) is 1.31. The Labute approximate surface area is 158 Å². The number of benzene rings is 2. The fourth-order valence-electron chi connectivity index (χ4n) is 3.98. The van der Waals surface area contributed by atoms with E-state index in [4.69, 9.17) is 9.47 Å². The van der Waals surface area contributed by atoms with Gasteiger partial charge in [-0.3, -0.25) is 4.79 Å². The molecule has 0 aliphatic heterocycles. The molecule has 27 heavy (non-hydrogen) atoms. The second-order valence-electron chi connectivity index (χ2n) is 6.94. The number of carbonyl (C=O) groups excluding carboxylic acids is 1. The molecule has 0 radical (unpaired) electrons. The Bertz CT molecular complexity index is 977. The molecule has 5 nitrogen and oxygen atoms in total. The minimum Gasteiger partial charge on any atom is -0.493 e. The molecule has 1 amide bonds. The van der Waals surface area contributed by atoms with Gasteiger partial charge >= 0.3 is 0 Å². The molecule has 2 N–H and O–H groups in total. The van der Waals surface area contributed by atoms with Crippen LogP contribution in [-0.4, -0.2) is 25.1 Å². The molecule has 1 aromatic heterocycles. The third-order valence-electron chi connectivity index (χ3n) is 5.26. The highest BCUT2D eigenvalue weighted by Gasteiger charge is 2.25. The molecular weight excluding hydrogens is 340 g/mol. The number of fused-ring (bicyclic) bond motifs is 3. The van der Waals surface area contributed by atoms with Crippen LogP contribution in [0.2, 0.25) is 0 Å². The summed E-state index contributed by atoms with van der Waals surface area (Å²) in [6, 6.07) is 14.0. The minimum atomic E-state index is 0.0127. The van der Waals surface area contributed by atoms with E-state index in [2.05, 4.69) is 28.5 Å². The zero-order valence-corrected chi connectivity index (χ0v) is 15.7. The first kappa shape index (κ1) is 17.5. The van der Waals surface area contributed by atoms with Gasteiger partial charge in [0.25, 0.3) is 0 Å². The van der Waals surface area contributed by atoms with Crippen LogP contribution >= 0.6 is 0 Å². The lowest BCUT2D eigenvalue weighted by Gasteiger charge is -2.24. The van der Waals surface area contributed by atoms with E-state index in [9.17, 15) is 4.79 Å². The van der Waals surface area contributed by atoms with E-state index in [0.29, 0.717) is 17.9 Å². The number of ether oxygens (including phenoxy) is 2. The average molecular weight is 364 g/mol. The van der Waals surface area contributed by atoms with Crippen LogP contribution in [0, 0.1) is 0 Å². The Kier molecular flexibility index (Phi) is 4.75. The van der Waals surface area contributed by atoms with Crippen molar-refractivity contribution in [1.29, 1.82) is 0 Å². The fourth-order valence-corrected chi connectivity index (χ4v) is 3.98.